The van der Waals surface area contributed by atoms with Crippen LogP contribution in [0.3, 0.4) is 0 Å². The molecule has 0 N–H and O–H groups in total. The van der Waals surface area contributed by atoms with Gasteiger partial charge in [0.15, 0.2) is 0 Å². The Kier molecular flexibility index (Phi) is 4.80. The summed E-state index contributed by atoms with van der Waals surface area (Å²) in [6.07, 6.45) is -2.95. The number of halogens is 3. The Morgan fingerprint density at radius 1 is 1.53 bits per heavy atom. The lowest BCUT2D eigenvalue weighted by Gasteiger charge is -2.10. The summed E-state index contributed by atoms with van der Waals surface area (Å²) in [5, 5.41) is 0. The molecule has 1 aromatic rings. The van der Waals surface area contributed by atoms with Crippen LogP contribution in [0, 0.1) is 0 Å². The monoisotopic (exact) mass is 309 g/mol. The number of hydrogen-bond acceptors (Lipinski definition) is 4. The molecule has 0 unspecified atom stereocenters. The number of rotatable bonds is 4. The van der Waals surface area contributed by atoms with Crippen LogP contribution in [-0.4, -0.2) is 25.2 Å². The molecule has 0 saturated heterocycles. The first-order chi connectivity index (χ1) is 7.99. The van der Waals surface area contributed by atoms with Crippen LogP contribution < -0.4 is 4.74 Å². The van der Waals surface area contributed by atoms with Crippen molar-refractivity contribution in [3.63, 3.8) is 0 Å². The van der Waals surface area contributed by atoms with E-state index >= 15 is 0 Å². The average molecular weight is 310 g/mol. The van der Waals surface area contributed by atoms with Gasteiger partial charge in [-0.25, -0.2) is 13.8 Å². The molecule has 0 aromatic carbocycles. The second-order valence-electron chi connectivity index (χ2n) is 3.06. The third kappa shape index (κ3) is 3.36. The highest BCUT2D eigenvalue weighted by molar-refractivity contribution is 9.10. The van der Waals surface area contributed by atoms with Crippen molar-refractivity contribution in [2.24, 2.45) is 0 Å². The van der Waals surface area contributed by atoms with Gasteiger partial charge in [-0.15, -0.1) is 0 Å². The molecule has 0 aliphatic carbocycles. The van der Waals surface area contributed by atoms with Crippen molar-refractivity contribution in [2.75, 3.05) is 14.2 Å². The maximum absolute atomic E-state index is 12.6. The Morgan fingerprint density at radius 2 is 2.18 bits per heavy atom. The molecule has 0 saturated carbocycles. The summed E-state index contributed by atoms with van der Waals surface area (Å²) in [6.45, 7) is 0. The summed E-state index contributed by atoms with van der Waals surface area (Å²) in [5.41, 5.74) is -0.303. The summed E-state index contributed by atoms with van der Waals surface area (Å²) >= 11 is 2.97. The zero-order valence-corrected chi connectivity index (χ0v) is 10.8. The van der Waals surface area contributed by atoms with Crippen LogP contribution in [0.1, 0.15) is 17.8 Å². The van der Waals surface area contributed by atoms with Crippen LogP contribution in [-0.2, 0) is 16.0 Å². The third-order valence-electron chi connectivity index (χ3n) is 2.01. The van der Waals surface area contributed by atoms with Crippen molar-refractivity contribution >= 4 is 21.9 Å². The van der Waals surface area contributed by atoms with E-state index in [1.165, 1.54) is 20.3 Å². The molecule has 1 heterocycles. The Hall–Kier alpha value is -1.24. The molecule has 0 spiro atoms. The number of alkyl halides is 2. The van der Waals surface area contributed by atoms with Crippen LogP contribution in [0.2, 0.25) is 0 Å². The number of ether oxygens (including phenoxy) is 2. The van der Waals surface area contributed by atoms with Gasteiger partial charge in [0, 0.05) is 4.47 Å². The van der Waals surface area contributed by atoms with Gasteiger partial charge < -0.3 is 9.47 Å². The largest absolute Gasteiger partial charge is 0.495 e. The Balaban J connectivity index is 3.16. The number of esters is 1. The average Bonchev–Trinajstić information content (AvgIpc) is 2.30. The fourth-order valence-corrected chi connectivity index (χ4v) is 1.66. The normalized spacial score (nSPS) is 10.5. The van der Waals surface area contributed by atoms with Gasteiger partial charge in [-0.3, -0.25) is 4.79 Å². The van der Waals surface area contributed by atoms with Crippen LogP contribution in [0.15, 0.2) is 10.5 Å². The van der Waals surface area contributed by atoms with Crippen molar-refractivity contribution in [1.29, 1.82) is 0 Å². The first-order valence-electron chi connectivity index (χ1n) is 4.57. The molecule has 1 aromatic heterocycles. The predicted molar refractivity (Wildman–Crippen MR) is 59.2 cm³/mol. The first kappa shape index (κ1) is 13.8. The number of aromatic nitrogens is 1. The van der Waals surface area contributed by atoms with E-state index in [0.717, 1.165) is 0 Å². The molecule has 0 aliphatic rings. The van der Waals surface area contributed by atoms with Crippen LogP contribution >= 0.6 is 15.9 Å². The van der Waals surface area contributed by atoms with Gasteiger partial charge >= 0.3 is 5.97 Å². The van der Waals surface area contributed by atoms with Gasteiger partial charge in [0.2, 0.25) is 0 Å². The van der Waals surface area contributed by atoms with Crippen molar-refractivity contribution in [3.05, 3.63) is 21.9 Å². The molecular weight excluding hydrogens is 300 g/mol. The molecule has 7 heteroatoms. The third-order valence-corrected chi connectivity index (χ3v) is 2.64. The molecule has 0 amide bonds. The summed E-state index contributed by atoms with van der Waals surface area (Å²) in [6, 6.07) is 1.35. The highest BCUT2D eigenvalue weighted by Crippen LogP contribution is 2.30. The van der Waals surface area contributed by atoms with Gasteiger partial charge in [0.25, 0.3) is 6.43 Å². The van der Waals surface area contributed by atoms with Crippen molar-refractivity contribution < 1.29 is 23.0 Å². The summed E-state index contributed by atoms with van der Waals surface area (Å²) in [5.74, 6) is -0.315. The van der Waals surface area contributed by atoms with Crippen LogP contribution in [0.25, 0.3) is 0 Å². The minimum atomic E-state index is -2.73. The standard InChI is InChI=1S/C10H10BrF2NO3/c1-16-7-3-5(11)9(10(12)13)14-6(7)4-8(15)17-2/h3,10H,4H2,1-2H3. The number of methoxy groups -OCH3 is 2. The molecule has 0 bridgehead atoms. The number of hydrogen-bond donors (Lipinski definition) is 0. The zero-order valence-electron chi connectivity index (χ0n) is 9.17. The number of nitrogens with zero attached hydrogens (tertiary/aromatic N) is 1. The van der Waals surface area contributed by atoms with Crippen molar-refractivity contribution in [1.82, 2.24) is 4.98 Å². The van der Waals surface area contributed by atoms with Crippen molar-refractivity contribution in [2.45, 2.75) is 12.8 Å². The molecule has 1 rings (SSSR count). The van der Waals surface area contributed by atoms with E-state index in [1.807, 2.05) is 0 Å². The Bertz CT molecular complexity index is 426. The minimum Gasteiger partial charge on any atom is -0.495 e. The number of pyridine rings is 1. The lowest BCUT2D eigenvalue weighted by molar-refractivity contribution is -0.139. The van der Waals surface area contributed by atoms with Gasteiger partial charge in [-0.1, -0.05) is 0 Å². The first-order valence-corrected chi connectivity index (χ1v) is 5.37. The zero-order chi connectivity index (χ0) is 13.0. The van der Waals surface area contributed by atoms with Gasteiger partial charge in [-0.2, -0.15) is 0 Å². The second kappa shape index (κ2) is 5.90. The summed E-state index contributed by atoms with van der Waals surface area (Å²) in [4.78, 5) is 14.8. The summed E-state index contributed by atoms with van der Waals surface area (Å²) < 4.78 is 34.8. The highest BCUT2D eigenvalue weighted by atomic mass is 79.9. The molecule has 0 atom stereocenters. The van der Waals surface area contributed by atoms with Gasteiger partial charge in [-0.05, 0) is 22.0 Å². The topological polar surface area (TPSA) is 48.4 Å². The molecular formula is C10H10BrF2NO3. The fraction of sp³-hybridized carbons (Fsp3) is 0.400. The van der Waals surface area contributed by atoms with E-state index in [0.29, 0.717) is 0 Å². The Labute approximate surface area is 105 Å². The number of carbonyl (C=O) groups is 1. The van der Waals surface area contributed by atoms with Crippen molar-refractivity contribution in [3.8, 4) is 5.75 Å². The minimum absolute atomic E-state index is 0.123. The SMILES string of the molecule is COC(=O)Cc1nc(C(F)F)c(Br)cc1OC. The van der Waals surface area contributed by atoms with Crippen LogP contribution in [0.5, 0.6) is 5.75 Å². The molecule has 0 fully saturated rings. The lowest BCUT2D eigenvalue weighted by atomic mass is 10.2. The van der Waals surface area contributed by atoms with Gasteiger partial charge in [0.1, 0.15) is 11.4 Å². The van der Waals surface area contributed by atoms with E-state index in [4.69, 9.17) is 4.74 Å². The van der Waals surface area contributed by atoms with Gasteiger partial charge in [0.05, 0.1) is 26.3 Å². The van der Waals surface area contributed by atoms with Crippen LogP contribution in [0.4, 0.5) is 8.78 Å². The molecule has 17 heavy (non-hydrogen) atoms. The fourth-order valence-electron chi connectivity index (χ4n) is 1.19. The maximum atomic E-state index is 12.6. The maximum Gasteiger partial charge on any atom is 0.311 e. The second-order valence-corrected chi connectivity index (χ2v) is 3.91. The molecule has 0 aliphatic heterocycles. The summed E-state index contributed by atoms with van der Waals surface area (Å²) in [7, 11) is 2.58. The van der Waals surface area contributed by atoms with E-state index in [1.54, 1.807) is 0 Å². The molecule has 4 nitrogen and oxygen atoms in total. The van der Waals surface area contributed by atoms with E-state index < -0.39 is 18.1 Å². The smallest absolute Gasteiger partial charge is 0.311 e. The quantitative estimate of drug-likeness (QED) is 0.802. The Morgan fingerprint density at radius 3 is 2.65 bits per heavy atom. The van der Waals surface area contributed by atoms with E-state index in [9.17, 15) is 13.6 Å². The number of carbonyl (C=O) groups excluding carboxylic acids is 1. The van der Waals surface area contributed by atoms with E-state index in [-0.39, 0.29) is 22.3 Å². The highest BCUT2D eigenvalue weighted by Gasteiger charge is 2.19. The molecule has 94 valence electrons. The molecule has 0 radical (unpaired) electrons. The lowest BCUT2D eigenvalue weighted by Crippen LogP contribution is -2.09. The van der Waals surface area contributed by atoms with E-state index in [2.05, 4.69) is 25.7 Å². The predicted octanol–water partition coefficient (Wildman–Crippen LogP) is 2.51.